The van der Waals surface area contributed by atoms with E-state index in [4.69, 9.17) is 4.42 Å². The number of benzene rings is 3. The number of amides is 2. The average Bonchev–Trinajstić information content (AvgIpc) is 3.51. The molecule has 1 aliphatic heterocycles. The lowest BCUT2D eigenvalue weighted by atomic mass is 10.1. The summed E-state index contributed by atoms with van der Waals surface area (Å²) in [7, 11) is -3.53. The highest BCUT2D eigenvalue weighted by Crippen LogP contribution is 2.20. The van der Waals surface area contributed by atoms with Crippen LogP contribution in [-0.2, 0) is 23.1 Å². The molecular formula is C31H32N4O5S. The third-order valence-electron chi connectivity index (χ3n) is 7.01. The van der Waals surface area contributed by atoms with Crippen molar-refractivity contribution < 1.29 is 22.4 Å². The number of para-hydroxylation sites is 1. The maximum absolute atomic E-state index is 13.1. The molecule has 0 bridgehead atoms. The number of hydrogen-bond donors (Lipinski definition) is 2. The Hall–Kier alpha value is -4.25. The van der Waals surface area contributed by atoms with E-state index >= 15 is 0 Å². The largest absolute Gasteiger partial charge is 0.467 e. The van der Waals surface area contributed by atoms with Crippen molar-refractivity contribution in [2.75, 3.05) is 31.5 Å². The smallest absolute Gasteiger partial charge is 0.255 e. The van der Waals surface area contributed by atoms with Crippen LogP contribution in [0, 0.1) is 6.92 Å². The summed E-state index contributed by atoms with van der Waals surface area (Å²) < 4.78 is 32.8. The van der Waals surface area contributed by atoms with Gasteiger partial charge in [-0.05, 0) is 61.0 Å². The molecule has 41 heavy (non-hydrogen) atoms. The number of nitrogens with zero attached hydrogens (tertiary/aromatic N) is 2. The van der Waals surface area contributed by atoms with Gasteiger partial charge in [0.1, 0.15) is 5.76 Å². The van der Waals surface area contributed by atoms with Gasteiger partial charge in [0.2, 0.25) is 10.0 Å². The Kier molecular flexibility index (Phi) is 8.63. The first kappa shape index (κ1) is 28.3. The van der Waals surface area contributed by atoms with E-state index in [9.17, 15) is 18.0 Å². The predicted octanol–water partition coefficient (Wildman–Crippen LogP) is 4.28. The van der Waals surface area contributed by atoms with Crippen LogP contribution in [0.25, 0.3) is 0 Å². The van der Waals surface area contributed by atoms with Crippen LogP contribution < -0.4 is 10.6 Å². The van der Waals surface area contributed by atoms with Gasteiger partial charge < -0.3 is 15.1 Å². The summed E-state index contributed by atoms with van der Waals surface area (Å²) in [6.07, 6.45) is 1.54. The number of carbonyl (C=O) groups is 2. The molecule has 0 atom stereocenters. The Morgan fingerprint density at radius 2 is 1.61 bits per heavy atom. The normalized spacial score (nSPS) is 14.5. The lowest BCUT2D eigenvalue weighted by Gasteiger charge is -2.34. The van der Waals surface area contributed by atoms with E-state index < -0.39 is 10.0 Å². The molecule has 1 aliphatic rings. The standard InChI is InChI=1S/C31H32N4O5S/c1-23-11-13-27(14-12-23)41(38,39)35-17-15-34(16-18-35)22-24-6-4-7-25(20-24)30(36)33-29-10-3-2-9-28(29)31(37)32-21-26-8-5-19-40-26/h2-14,19-20H,15-18,21-22H2,1H3,(H,32,37)(H,33,36). The molecule has 5 rings (SSSR count). The first-order valence-electron chi connectivity index (χ1n) is 13.4. The lowest BCUT2D eigenvalue weighted by molar-refractivity contribution is 0.0949. The van der Waals surface area contributed by atoms with Crippen LogP contribution in [0.15, 0.2) is 101 Å². The van der Waals surface area contributed by atoms with Gasteiger partial charge in [-0.15, -0.1) is 0 Å². The van der Waals surface area contributed by atoms with Gasteiger partial charge in [0.25, 0.3) is 11.8 Å². The van der Waals surface area contributed by atoms with Crippen molar-refractivity contribution in [1.82, 2.24) is 14.5 Å². The minimum absolute atomic E-state index is 0.238. The first-order chi connectivity index (χ1) is 19.8. The average molecular weight is 573 g/mol. The van der Waals surface area contributed by atoms with Gasteiger partial charge >= 0.3 is 0 Å². The second kappa shape index (κ2) is 12.5. The number of hydrogen-bond acceptors (Lipinski definition) is 6. The summed E-state index contributed by atoms with van der Waals surface area (Å²) >= 11 is 0. The highest BCUT2D eigenvalue weighted by atomic mass is 32.2. The second-order valence-corrected chi connectivity index (χ2v) is 11.9. The van der Waals surface area contributed by atoms with E-state index in [1.807, 2.05) is 37.3 Å². The zero-order chi connectivity index (χ0) is 28.8. The minimum Gasteiger partial charge on any atom is -0.467 e. The Morgan fingerprint density at radius 1 is 0.854 bits per heavy atom. The van der Waals surface area contributed by atoms with E-state index in [1.54, 1.807) is 60.9 Å². The maximum atomic E-state index is 13.1. The molecule has 1 saturated heterocycles. The molecule has 4 aromatic rings. The molecule has 0 saturated carbocycles. The fraction of sp³-hybridized carbons (Fsp3) is 0.226. The summed E-state index contributed by atoms with van der Waals surface area (Å²) in [4.78, 5) is 28.4. The molecule has 0 unspecified atom stereocenters. The topological polar surface area (TPSA) is 112 Å². The van der Waals surface area contributed by atoms with Crippen LogP contribution >= 0.6 is 0 Å². The monoisotopic (exact) mass is 572 g/mol. The van der Waals surface area contributed by atoms with E-state index in [2.05, 4.69) is 15.5 Å². The molecule has 9 nitrogen and oxygen atoms in total. The number of furan rings is 1. The van der Waals surface area contributed by atoms with Crippen molar-refractivity contribution in [1.29, 1.82) is 0 Å². The quantitative estimate of drug-likeness (QED) is 0.310. The van der Waals surface area contributed by atoms with Gasteiger partial charge in [-0.3, -0.25) is 14.5 Å². The molecule has 212 valence electrons. The number of carbonyl (C=O) groups excluding carboxylic acids is 2. The molecule has 0 spiro atoms. The predicted molar refractivity (Wildman–Crippen MR) is 156 cm³/mol. The van der Waals surface area contributed by atoms with Crippen molar-refractivity contribution >= 4 is 27.5 Å². The fourth-order valence-electron chi connectivity index (χ4n) is 4.72. The molecule has 1 aromatic heterocycles. The summed E-state index contributed by atoms with van der Waals surface area (Å²) in [5, 5.41) is 5.67. The molecule has 2 heterocycles. The van der Waals surface area contributed by atoms with Gasteiger partial charge in [-0.25, -0.2) is 8.42 Å². The molecule has 3 aromatic carbocycles. The molecule has 2 amide bonds. The molecular weight excluding hydrogens is 540 g/mol. The van der Waals surface area contributed by atoms with Crippen LogP contribution in [-0.4, -0.2) is 55.6 Å². The van der Waals surface area contributed by atoms with Crippen LogP contribution in [0.3, 0.4) is 0 Å². The number of aryl methyl sites for hydroxylation is 1. The maximum Gasteiger partial charge on any atom is 0.255 e. The number of anilines is 1. The Balaban J connectivity index is 1.18. The van der Waals surface area contributed by atoms with E-state index in [1.165, 1.54) is 4.31 Å². The summed E-state index contributed by atoms with van der Waals surface area (Å²) in [5.41, 5.74) is 3.18. The van der Waals surface area contributed by atoms with Crippen molar-refractivity contribution in [3.63, 3.8) is 0 Å². The highest BCUT2D eigenvalue weighted by Gasteiger charge is 2.28. The van der Waals surface area contributed by atoms with Crippen molar-refractivity contribution in [3.8, 4) is 0 Å². The SMILES string of the molecule is Cc1ccc(S(=O)(=O)N2CCN(Cc3cccc(C(=O)Nc4ccccc4C(=O)NCc4ccco4)c3)CC2)cc1. The van der Waals surface area contributed by atoms with E-state index in [-0.39, 0.29) is 18.4 Å². The Morgan fingerprint density at radius 3 is 2.34 bits per heavy atom. The first-order valence-corrected chi connectivity index (χ1v) is 14.8. The summed E-state index contributed by atoms with van der Waals surface area (Å²) in [6.45, 7) is 4.72. The summed E-state index contributed by atoms with van der Waals surface area (Å²) in [6, 6.07) is 24.6. The third kappa shape index (κ3) is 6.91. The number of nitrogens with one attached hydrogen (secondary N) is 2. The third-order valence-corrected chi connectivity index (χ3v) is 8.92. The zero-order valence-electron chi connectivity index (χ0n) is 22.7. The van der Waals surface area contributed by atoms with Crippen molar-refractivity contribution in [2.24, 2.45) is 0 Å². The number of piperazine rings is 1. The van der Waals surface area contributed by atoms with Gasteiger partial charge in [0.15, 0.2) is 0 Å². The van der Waals surface area contributed by atoms with E-state index in [0.29, 0.717) is 60.2 Å². The van der Waals surface area contributed by atoms with Gasteiger partial charge in [0.05, 0.1) is 29.0 Å². The van der Waals surface area contributed by atoms with Gasteiger partial charge in [0, 0.05) is 38.3 Å². The summed E-state index contributed by atoms with van der Waals surface area (Å²) in [5.74, 6) is -0.0206. The lowest BCUT2D eigenvalue weighted by Crippen LogP contribution is -2.48. The molecule has 0 radical (unpaired) electrons. The van der Waals surface area contributed by atoms with Crippen LogP contribution in [0.1, 0.15) is 37.6 Å². The molecule has 1 fully saturated rings. The number of rotatable bonds is 9. The minimum atomic E-state index is -3.53. The number of sulfonamides is 1. The van der Waals surface area contributed by atoms with Gasteiger partial charge in [-0.1, -0.05) is 42.0 Å². The van der Waals surface area contributed by atoms with Crippen molar-refractivity contribution in [3.05, 3.63) is 119 Å². The van der Waals surface area contributed by atoms with Crippen LogP contribution in [0.4, 0.5) is 5.69 Å². The Bertz CT molecular complexity index is 1610. The Labute approximate surface area is 239 Å². The molecule has 10 heteroatoms. The molecule has 0 aliphatic carbocycles. The molecule has 2 N–H and O–H groups in total. The van der Waals surface area contributed by atoms with Crippen LogP contribution in [0.2, 0.25) is 0 Å². The zero-order valence-corrected chi connectivity index (χ0v) is 23.6. The van der Waals surface area contributed by atoms with Gasteiger partial charge in [-0.2, -0.15) is 4.31 Å². The fourth-order valence-corrected chi connectivity index (χ4v) is 6.14. The van der Waals surface area contributed by atoms with Crippen LogP contribution in [0.5, 0.6) is 0 Å². The highest BCUT2D eigenvalue weighted by molar-refractivity contribution is 7.89. The second-order valence-electron chi connectivity index (χ2n) is 9.96. The van der Waals surface area contributed by atoms with E-state index in [0.717, 1.165) is 11.1 Å². The van der Waals surface area contributed by atoms with Crippen molar-refractivity contribution in [2.45, 2.75) is 24.9 Å².